The average Bonchev–Trinajstić information content (AvgIpc) is 2.24. The molecule has 0 radical (unpaired) electrons. The second kappa shape index (κ2) is 3.73. The first-order valence-corrected chi connectivity index (χ1v) is 6.09. The predicted octanol–water partition coefficient (Wildman–Crippen LogP) is 3.82. The molecule has 1 atom stereocenters. The Labute approximate surface area is 97.9 Å². The van der Waals surface area contributed by atoms with Crippen molar-refractivity contribution >= 4 is 5.78 Å². The van der Waals surface area contributed by atoms with Gasteiger partial charge in [0.15, 0.2) is 5.78 Å². The summed E-state index contributed by atoms with van der Waals surface area (Å²) in [5.74, 6) is 0.764. The van der Waals surface area contributed by atoms with Crippen LogP contribution in [-0.2, 0) is 4.79 Å². The molecule has 2 aliphatic carbocycles. The summed E-state index contributed by atoms with van der Waals surface area (Å²) in [4.78, 5) is 11.7. The fraction of sp³-hybridized carbons (Fsp3) is 0.533. The average molecular weight is 216 g/mol. The van der Waals surface area contributed by atoms with Gasteiger partial charge in [0.05, 0.1) is 0 Å². The van der Waals surface area contributed by atoms with Crippen LogP contribution in [0, 0.1) is 11.3 Å². The Morgan fingerprint density at radius 3 is 2.69 bits per heavy atom. The summed E-state index contributed by atoms with van der Waals surface area (Å²) in [6.07, 6.45) is 8.39. The van der Waals surface area contributed by atoms with Gasteiger partial charge in [-0.25, -0.2) is 0 Å². The molecule has 16 heavy (non-hydrogen) atoms. The zero-order valence-electron chi connectivity index (χ0n) is 10.6. The molecule has 2 aliphatic rings. The molecular weight excluding hydrogens is 196 g/mol. The Bertz CT molecular complexity index is 421. The molecule has 86 valence electrons. The van der Waals surface area contributed by atoms with Crippen molar-refractivity contribution in [3.8, 4) is 0 Å². The van der Waals surface area contributed by atoms with Crippen LogP contribution in [0.3, 0.4) is 0 Å². The zero-order valence-corrected chi connectivity index (χ0v) is 10.6. The van der Waals surface area contributed by atoms with Crippen molar-refractivity contribution in [2.24, 2.45) is 11.3 Å². The molecule has 0 unspecified atom stereocenters. The molecule has 2 rings (SSSR count). The van der Waals surface area contributed by atoms with Gasteiger partial charge in [-0.1, -0.05) is 38.5 Å². The van der Waals surface area contributed by atoms with E-state index in [0.29, 0.717) is 5.92 Å². The van der Waals surface area contributed by atoms with Crippen LogP contribution in [0.2, 0.25) is 0 Å². The van der Waals surface area contributed by atoms with Gasteiger partial charge in [-0.3, -0.25) is 4.79 Å². The maximum atomic E-state index is 11.7. The molecule has 0 fully saturated rings. The summed E-state index contributed by atoms with van der Waals surface area (Å²) in [5.41, 5.74) is 3.75. The third-order valence-corrected chi connectivity index (χ3v) is 4.00. The van der Waals surface area contributed by atoms with E-state index in [1.807, 2.05) is 6.92 Å². The summed E-state index contributed by atoms with van der Waals surface area (Å²) in [6, 6.07) is 0. The number of allylic oxidation sites excluding steroid dienone is 6. The number of hydrogen-bond acceptors (Lipinski definition) is 1. The van der Waals surface area contributed by atoms with E-state index in [1.54, 1.807) is 6.08 Å². The van der Waals surface area contributed by atoms with Gasteiger partial charge in [-0.15, -0.1) is 0 Å². The summed E-state index contributed by atoms with van der Waals surface area (Å²) in [5, 5.41) is 0. The van der Waals surface area contributed by atoms with Crippen molar-refractivity contribution in [2.45, 2.75) is 40.5 Å². The van der Waals surface area contributed by atoms with Gasteiger partial charge in [-0.05, 0) is 37.3 Å². The lowest BCUT2D eigenvalue weighted by Gasteiger charge is -2.37. The molecule has 0 aliphatic heterocycles. The second-order valence-electron chi connectivity index (χ2n) is 5.53. The van der Waals surface area contributed by atoms with Gasteiger partial charge in [0.2, 0.25) is 0 Å². The Hall–Kier alpha value is -1.11. The Morgan fingerprint density at radius 2 is 2.06 bits per heavy atom. The predicted molar refractivity (Wildman–Crippen MR) is 67.1 cm³/mol. The molecule has 0 aromatic heterocycles. The van der Waals surface area contributed by atoms with Crippen LogP contribution in [0.1, 0.15) is 40.5 Å². The lowest BCUT2D eigenvalue weighted by atomic mass is 9.67. The van der Waals surface area contributed by atoms with Gasteiger partial charge >= 0.3 is 0 Å². The molecule has 0 aromatic rings. The molecule has 0 saturated carbocycles. The van der Waals surface area contributed by atoms with E-state index >= 15 is 0 Å². The highest BCUT2D eigenvalue weighted by Crippen LogP contribution is 2.45. The van der Waals surface area contributed by atoms with Crippen LogP contribution in [0.4, 0.5) is 0 Å². The summed E-state index contributed by atoms with van der Waals surface area (Å²) in [6.45, 7) is 8.65. The molecule has 1 heteroatoms. The minimum atomic E-state index is 0.0936. The Morgan fingerprint density at radius 1 is 1.38 bits per heavy atom. The first-order valence-electron chi connectivity index (χ1n) is 6.09. The molecule has 0 bridgehead atoms. The molecule has 0 heterocycles. The fourth-order valence-corrected chi connectivity index (χ4v) is 2.64. The third-order valence-electron chi connectivity index (χ3n) is 4.00. The lowest BCUT2D eigenvalue weighted by Crippen LogP contribution is -2.26. The first-order chi connectivity index (χ1) is 7.44. The minimum Gasteiger partial charge on any atom is -0.290 e. The van der Waals surface area contributed by atoms with Crippen LogP contribution in [0.25, 0.3) is 0 Å². The number of fused-ring (bicyclic) bond motifs is 1. The first kappa shape index (κ1) is 11.4. The van der Waals surface area contributed by atoms with Crippen molar-refractivity contribution in [3.63, 3.8) is 0 Å². The molecular formula is C15H20O. The van der Waals surface area contributed by atoms with E-state index < -0.39 is 0 Å². The summed E-state index contributed by atoms with van der Waals surface area (Å²) in [7, 11) is 0. The number of hydrogen-bond donors (Lipinski definition) is 0. The molecule has 0 saturated heterocycles. The van der Waals surface area contributed by atoms with Crippen LogP contribution < -0.4 is 0 Å². The molecule has 1 nitrogen and oxygen atoms in total. The topological polar surface area (TPSA) is 17.1 Å². The fourth-order valence-electron chi connectivity index (χ4n) is 2.64. The van der Waals surface area contributed by atoms with Gasteiger partial charge < -0.3 is 0 Å². The van der Waals surface area contributed by atoms with E-state index in [4.69, 9.17) is 0 Å². The third kappa shape index (κ3) is 1.68. The maximum Gasteiger partial charge on any atom is 0.181 e. The second-order valence-corrected chi connectivity index (χ2v) is 5.53. The SMILES string of the molecule is CC1=C2C=C(C(C)C)CC[C@@]2(C)C=CC1=O. The molecule has 0 aromatic carbocycles. The van der Waals surface area contributed by atoms with E-state index in [2.05, 4.69) is 32.9 Å². The van der Waals surface area contributed by atoms with Crippen LogP contribution in [0.5, 0.6) is 0 Å². The van der Waals surface area contributed by atoms with Crippen molar-refractivity contribution in [1.29, 1.82) is 0 Å². The van der Waals surface area contributed by atoms with Gasteiger partial charge in [-0.2, -0.15) is 0 Å². The van der Waals surface area contributed by atoms with Crippen molar-refractivity contribution < 1.29 is 4.79 Å². The highest BCUT2D eigenvalue weighted by Gasteiger charge is 2.34. The van der Waals surface area contributed by atoms with Gasteiger partial charge in [0.1, 0.15) is 0 Å². The number of ketones is 1. The summed E-state index contributed by atoms with van der Waals surface area (Å²) >= 11 is 0. The number of rotatable bonds is 1. The van der Waals surface area contributed by atoms with E-state index in [-0.39, 0.29) is 11.2 Å². The highest BCUT2D eigenvalue weighted by molar-refractivity contribution is 6.06. The quantitative estimate of drug-likeness (QED) is 0.651. The standard InChI is InChI=1S/C15H20O/c1-10(2)12-5-7-15(4)8-6-14(16)11(3)13(15)9-12/h6,8-10H,5,7H2,1-4H3/t15-/m0/s1. The number of carbonyl (C=O) groups excluding carboxylic acids is 1. The Balaban J connectivity index is 2.50. The summed E-state index contributed by atoms with van der Waals surface area (Å²) < 4.78 is 0. The Kier molecular flexibility index (Phi) is 2.65. The molecule has 0 N–H and O–H groups in total. The van der Waals surface area contributed by atoms with E-state index in [9.17, 15) is 4.79 Å². The minimum absolute atomic E-state index is 0.0936. The van der Waals surface area contributed by atoms with E-state index in [0.717, 1.165) is 18.4 Å². The smallest absolute Gasteiger partial charge is 0.181 e. The lowest BCUT2D eigenvalue weighted by molar-refractivity contribution is -0.111. The number of carbonyl (C=O) groups is 1. The monoisotopic (exact) mass is 216 g/mol. The van der Waals surface area contributed by atoms with E-state index in [1.165, 1.54) is 11.1 Å². The maximum absolute atomic E-state index is 11.7. The van der Waals surface area contributed by atoms with Crippen molar-refractivity contribution in [3.05, 3.63) is 34.9 Å². The zero-order chi connectivity index (χ0) is 11.9. The highest BCUT2D eigenvalue weighted by atomic mass is 16.1. The van der Waals surface area contributed by atoms with Crippen LogP contribution >= 0.6 is 0 Å². The molecule has 0 amide bonds. The molecule has 0 spiro atoms. The van der Waals surface area contributed by atoms with Crippen molar-refractivity contribution in [1.82, 2.24) is 0 Å². The van der Waals surface area contributed by atoms with Crippen molar-refractivity contribution in [2.75, 3.05) is 0 Å². The van der Waals surface area contributed by atoms with Crippen LogP contribution in [0.15, 0.2) is 34.9 Å². The van der Waals surface area contributed by atoms with Crippen LogP contribution in [-0.4, -0.2) is 5.78 Å². The van der Waals surface area contributed by atoms with Gasteiger partial charge in [0.25, 0.3) is 0 Å². The normalized spacial score (nSPS) is 29.6. The van der Waals surface area contributed by atoms with Gasteiger partial charge in [0, 0.05) is 11.0 Å². The largest absolute Gasteiger partial charge is 0.290 e.